The summed E-state index contributed by atoms with van der Waals surface area (Å²) >= 11 is 5.85. The number of nitrogens with zero attached hydrogens (tertiary/aromatic N) is 4. The van der Waals surface area contributed by atoms with E-state index in [0.29, 0.717) is 30.5 Å². The van der Waals surface area contributed by atoms with Crippen molar-refractivity contribution in [1.82, 2.24) is 19.9 Å². The van der Waals surface area contributed by atoms with Crippen LogP contribution in [-0.4, -0.2) is 51.6 Å². The van der Waals surface area contributed by atoms with Crippen molar-refractivity contribution in [3.05, 3.63) is 41.2 Å². The molecule has 7 heteroatoms. The second kappa shape index (κ2) is 5.83. The van der Waals surface area contributed by atoms with Crippen molar-refractivity contribution in [2.45, 2.75) is 13.0 Å². The summed E-state index contributed by atoms with van der Waals surface area (Å²) < 4.78 is 6.90. The standard InChI is InChI=1S/C14H15ClN4O2/c1-10-9-21-7-6-18(10)14(20)13-8-19(17-16-13)12-4-2-11(15)3-5-12/h2-5,8,10H,6-7,9H2,1H3/t10-/m1/s1. The zero-order valence-electron chi connectivity index (χ0n) is 11.6. The summed E-state index contributed by atoms with van der Waals surface area (Å²) in [5.41, 5.74) is 1.14. The molecule has 3 rings (SSSR count). The zero-order valence-corrected chi connectivity index (χ0v) is 12.3. The summed E-state index contributed by atoms with van der Waals surface area (Å²) in [5.74, 6) is -0.119. The molecule has 2 aromatic rings. The average Bonchev–Trinajstić information content (AvgIpc) is 2.98. The molecule has 1 atom stereocenters. The van der Waals surface area contributed by atoms with Crippen molar-refractivity contribution in [2.24, 2.45) is 0 Å². The third-order valence-corrected chi connectivity index (χ3v) is 3.68. The Labute approximate surface area is 127 Å². The lowest BCUT2D eigenvalue weighted by Gasteiger charge is -2.32. The van der Waals surface area contributed by atoms with Gasteiger partial charge in [0.2, 0.25) is 0 Å². The van der Waals surface area contributed by atoms with E-state index in [1.165, 1.54) is 0 Å². The molecule has 0 bridgehead atoms. The Morgan fingerprint density at radius 3 is 2.86 bits per heavy atom. The number of carbonyl (C=O) groups is 1. The highest BCUT2D eigenvalue weighted by Gasteiger charge is 2.26. The Balaban J connectivity index is 1.81. The number of benzene rings is 1. The second-order valence-corrected chi connectivity index (χ2v) is 5.38. The van der Waals surface area contributed by atoms with Crippen molar-refractivity contribution < 1.29 is 9.53 Å². The maximum atomic E-state index is 12.4. The van der Waals surface area contributed by atoms with Crippen LogP contribution in [0.5, 0.6) is 0 Å². The Morgan fingerprint density at radius 2 is 2.14 bits per heavy atom. The van der Waals surface area contributed by atoms with Crippen molar-refractivity contribution in [3.63, 3.8) is 0 Å². The summed E-state index contributed by atoms with van der Waals surface area (Å²) in [4.78, 5) is 14.2. The van der Waals surface area contributed by atoms with Gasteiger partial charge in [0.25, 0.3) is 5.91 Å². The molecule has 2 heterocycles. The van der Waals surface area contributed by atoms with Crippen LogP contribution >= 0.6 is 11.6 Å². The molecule has 0 N–H and O–H groups in total. The van der Waals surface area contributed by atoms with Gasteiger partial charge in [-0.2, -0.15) is 0 Å². The Bertz CT molecular complexity index is 641. The van der Waals surface area contributed by atoms with Crippen LogP contribution in [0.15, 0.2) is 30.5 Å². The van der Waals surface area contributed by atoms with Gasteiger partial charge in [-0.15, -0.1) is 5.10 Å². The number of amides is 1. The number of hydrogen-bond donors (Lipinski definition) is 0. The van der Waals surface area contributed by atoms with Crippen molar-refractivity contribution >= 4 is 17.5 Å². The molecule has 1 aliphatic rings. The topological polar surface area (TPSA) is 60.2 Å². The molecule has 6 nitrogen and oxygen atoms in total. The van der Waals surface area contributed by atoms with Gasteiger partial charge in [0.05, 0.1) is 31.1 Å². The normalized spacial score (nSPS) is 18.8. The Kier molecular flexibility index (Phi) is 3.90. The Hall–Kier alpha value is -1.92. The number of ether oxygens (including phenoxy) is 1. The molecule has 21 heavy (non-hydrogen) atoms. The third-order valence-electron chi connectivity index (χ3n) is 3.43. The largest absolute Gasteiger partial charge is 0.377 e. The van der Waals surface area contributed by atoms with E-state index in [1.807, 2.05) is 19.1 Å². The van der Waals surface area contributed by atoms with Gasteiger partial charge in [-0.3, -0.25) is 4.79 Å². The molecule has 110 valence electrons. The molecule has 1 aliphatic heterocycles. The van der Waals surface area contributed by atoms with Gasteiger partial charge in [-0.1, -0.05) is 16.8 Å². The minimum absolute atomic E-state index is 0.0481. The van der Waals surface area contributed by atoms with Crippen molar-refractivity contribution in [2.75, 3.05) is 19.8 Å². The van der Waals surface area contributed by atoms with E-state index in [0.717, 1.165) is 5.69 Å². The van der Waals surface area contributed by atoms with Gasteiger partial charge >= 0.3 is 0 Å². The second-order valence-electron chi connectivity index (χ2n) is 4.95. The van der Waals surface area contributed by atoms with Crippen LogP contribution < -0.4 is 0 Å². The molecule has 0 unspecified atom stereocenters. The predicted octanol–water partition coefficient (Wildman–Crippen LogP) is 1.78. The molecule has 1 saturated heterocycles. The number of rotatable bonds is 2. The average molecular weight is 307 g/mol. The van der Waals surface area contributed by atoms with E-state index in [1.54, 1.807) is 27.9 Å². The number of hydrogen-bond acceptors (Lipinski definition) is 4. The fourth-order valence-corrected chi connectivity index (χ4v) is 2.38. The molecule has 0 radical (unpaired) electrons. The highest BCUT2D eigenvalue weighted by atomic mass is 35.5. The van der Waals surface area contributed by atoms with Gasteiger partial charge in [0.15, 0.2) is 5.69 Å². The minimum Gasteiger partial charge on any atom is -0.377 e. The van der Waals surface area contributed by atoms with Crippen LogP contribution in [0.1, 0.15) is 17.4 Å². The summed E-state index contributed by atoms with van der Waals surface area (Å²) in [6.07, 6.45) is 1.63. The first-order valence-electron chi connectivity index (χ1n) is 6.72. The Morgan fingerprint density at radius 1 is 1.38 bits per heavy atom. The third kappa shape index (κ3) is 2.91. The van der Waals surface area contributed by atoms with Gasteiger partial charge in [0.1, 0.15) is 0 Å². The first kappa shape index (κ1) is 14.0. The number of carbonyl (C=O) groups excluding carboxylic acids is 1. The number of aromatic nitrogens is 3. The number of halogens is 1. The van der Waals surface area contributed by atoms with E-state index >= 15 is 0 Å². The van der Waals surface area contributed by atoms with E-state index in [9.17, 15) is 4.79 Å². The monoisotopic (exact) mass is 306 g/mol. The quantitative estimate of drug-likeness (QED) is 0.848. The predicted molar refractivity (Wildman–Crippen MR) is 77.7 cm³/mol. The fraction of sp³-hybridized carbons (Fsp3) is 0.357. The molecule has 1 aromatic heterocycles. The van der Waals surface area contributed by atoms with Crippen LogP contribution in [0.2, 0.25) is 5.02 Å². The first-order chi connectivity index (χ1) is 10.1. The van der Waals surface area contributed by atoms with Gasteiger partial charge < -0.3 is 9.64 Å². The SMILES string of the molecule is C[C@@H]1COCCN1C(=O)c1cn(-c2ccc(Cl)cc2)nn1. The molecule has 0 saturated carbocycles. The molecule has 1 aromatic carbocycles. The molecule has 0 aliphatic carbocycles. The van der Waals surface area contributed by atoms with Crippen LogP contribution in [-0.2, 0) is 4.74 Å². The maximum Gasteiger partial charge on any atom is 0.276 e. The van der Waals surface area contributed by atoms with Crippen molar-refractivity contribution in [3.8, 4) is 5.69 Å². The summed E-state index contributed by atoms with van der Waals surface area (Å²) in [5, 5.41) is 8.62. The molecule has 1 fully saturated rings. The van der Waals surface area contributed by atoms with E-state index in [4.69, 9.17) is 16.3 Å². The lowest BCUT2D eigenvalue weighted by Crippen LogP contribution is -2.47. The van der Waals surface area contributed by atoms with Gasteiger partial charge in [-0.05, 0) is 31.2 Å². The van der Waals surface area contributed by atoms with Gasteiger partial charge in [0, 0.05) is 11.6 Å². The molecule has 1 amide bonds. The van der Waals surface area contributed by atoms with Crippen molar-refractivity contribution in [1.29, 1.82) is 0 Å². The molecular weight excluding hydrogens is 292 g/mol. The minimum atomic E-state index is -0.119. The van der Waals surface area contributed by atoms with Crippen LogP contribution in [0.3, 0.4) is 0 Å². The zero-order chi connectivity index (χ0) is 14.8. The lowest BCUT2D eigenvalue weighted by atomic mass is 10.2. The summed E-state index contributed by atoms with van der Waals surface area (Å²) in [6, 6.07) is 7.23. The maximum absolute atomic E-state index is 12.4. The van der Waals surface area contributed by atoms with Crippen LogP contribution in [0, 0.1) is 0 Å². The van der Waals surface area contributed by atoms with E-state index < -0.39 is 0 Å². The molecule has 0 spiro atoms. The summed E-state index contributed by atoms with van der Waals surface area (Å²) in [6.45, 7) is 3.65. The molecular formula is C14H15ClN4O2. The summed E-state index contributed by atoms with van der Waals surface area (Å²) in [7, 11) is 0. The van der Waals surface area contributed by atoms with E-state index in [2.05, 4.69) is 10.3 Å². The smallest absolute Gasteiger partial charge is 0.276 e. The lowest BCUT2D eigenvalue weighted by molar-refractivity contribution is 0.00326. The van der Waals surface area contributed by atoms with Gasteiger partial charge in [-0.25, -0.2) is 4.68 Å². The fourth-order valence-electron chi connectivity index (χ4n) is 2.26. The number of morpholine rings is 1. The van der Waals surface area contributed by atoms with Crippen LogP contribution in [0.4, 0.5) is 0 Å². The highest BCUT2D eigenvalue weighted by molar-refractivity contribution is 6.30. The highest BCUT2D eigenvalue weighted by Crippen LogP contribution is 2.14. The first-order valence-corrected chi connectivity index (χ1v) is 7.10. The van der Waals surface area contributed by atoms with Crippen LogP contribution in [0.25, 0.3) is 5.69 Å². The van der Waals surface area contributed by atoms with E-state index in [-0.39, 0.29) is 11.9 Å².